The lowest BCUT2D eigenvalue weighted by Crippen LogP contribution is -2.50. The zero-order valence-electron chi connectivity index (χ0n) is 18.4. The van der Waals surface area contributed by atoms with Gasteiger partial charge in [-0.2, -0.15) is 0 Å². The standard InChI is InChI=1S/C25H34N2O3/c1-15(28)19-6-7-20-18-5-4-16-14-17(27-13-10-22(29)26-23(27)30)8-11-24(16,2)21(18)9-12-25(19,20)3/h4,10,13,17-21H,5-9,11-12,14H2,1-3H3,(H,26,29,30)/t17-,18+,19-,20+,21+,24+,25-/m1/s1. The smallest absolute Gasteiger partial charge is 0.300 e. The Hall–Kier alpha value is -1.91. The van der Waals surface area contributed by atoms with E-state index in [0.29, 0.717) is 23.5 Å². The van der Waals surface area contributed by atoms with E-state index in [1.54, 1.807) is 17.7 Å². The Bertz CT molecular complexity index is 1020. The minimum absolute atomic E-state index is 0.132. The number of hydrogen-bond donors (Lipinski definition) is 1. The van der Waals surface area contributed by atoms with Crippen LogP contribution in [0.5, 0.6) is 0 Å². The Morgan fingerprint density at radius 2 is 1.90 bits per heavy atom. The summed E-state index contributed by atoms with van der Waals surface area (Å²) in [4.78, 5) is 38.5. The third-order valence-corrected chi connectivity index (χ3v) is 9.81. The van der Waals surface area contributed by atoms with Crippen LogP contribution in [-0.4, -0.2) is 15.3 Å². The molecule has 0 aliphatic heterocycles. The van der Waals surface area contributed by atoms with Gasteiger partial charge >= 0.3 is 5.69 Å². The van der Waals surface area contributed by atoms with Crippen LogP contribution < -0.4 is 11.2 Å². The molecule has 162 valence electrons. The zero-order valence-corrected chi connectivity index (χ0v) is 18.4. The number of allylic oxidation sites excluding steroid dienone is 2. The highest BCUT2D eigenvalue weighted by molar-refractivity contribution is 5.79. The number of H-pyrrole nitrogens is 1. The van der Waals surface area contributed by atoms with Gasteiger partial charge in [-0.05, 0) is 86.9 Å². The number of aromatic amines is 1. The van der Waals surface area contributed by atoms with Gasteiger partial charge in [0.2, 0.25) is 0 Å². The number of carbonyl (C=O) groups is 1. The molecule has 0 radical (unpaired) electrons. The largest absolute Gasteiger partial charge is 0.328 e. The number of nitrogens with one attached hydrogen (secondary N) is 1. The van der Waals surface area contributed by atoms with Gasteiger partial charge in [-0.1, -0.05) is 25.5 Å². The fourth-order valence-corrected chi connectivity index (χ4v) is 8.26. The molecule has 0 bridgehead atoms. The van der Waals surface area contributed by atoms with Crippen LogP contribution in [0.3, 0.4) is 0 Å². The Morgan fingerprint density at radius 3 is 2.63 bits per heavy atom. The molecule has 30 heavy (non-hydrogen) atoms. The van der Waals surface area contributed by atoms with Crippen LogP contribution in [0, 0.1) is 34.5 Å². The molecule has 0 unspecified atom stereocenters. The number of rotatable bonds is 2. The molecule has 5 heteroatoms. The molecule has 5 rings (SSSR count). The molecular formula is C25H34N2O3. The lowest BCUT2D eigenvalue weighted by Gasteiger charge is -2.58. The normalized spacial score (nSPS) is 42.6. The first kappa shape index (κ1) is 20.0. The molecule has 0 amide bonds. The molecule has 1 aromatic heterocycles. The number of ketones is 1. The second-order valence-corrected chi connectivity index (χ2v) is 11.0. The molecule has 1 aromatic rings. The van der Waals surface area contributed by atoms with Gasteiger partial charge in [-0.3, -0.25) is 19.1 Å². The summed E-state index contributed by atoms with van der Waals surface area (Å²) < 4.78 is 1.72. The summed E-state index contributed by atoms with van der Waals surface area (Å²) in [5.41, 5.74) is 1.29. The van der Waals surface area contributed by atoms with Crippen molar-refractivity contribution in [3.05, 3.63) is 44.8 Å². The van der Waals surface area contributed by atoms with Crippen molar-refractivity contribution in [2.45, 2.75) is 78.2 Å². The van der Waals surface area contributed by atoms with Crippen molar-refractivity contribution in [2.24, 2.45) is 34.5 Å². The molecule has 1 N–H and O–H groups in total. The molecule has 3 fully saturated rings. The summed E-state index contributed by atoms with van der Waals surface area (Å²) in [5, 5.41) is 0. The molecule has 4 aliphatic carbocycles. The number of fused-ring (bicyclic) bond motifs is 5. The lowest BCUT2D eigenvalue weighted by molar-refractivity contribution is -0.127. The topological polar surface area (TPSA) is 71.9 Å². The van der Waals surface area contributed by atoms with Gasteiger partial charge in [0.25, 0.3) is 5.56 Å². The first-order chi connectivity index (χ1) is 14.2. The maximum absolute atomic E-state index is 12.3. The van der Waals surface area contributed by atoms with Crippen molar-refractivity contribution < 1.29 is 4.79 Å². The fourth-order valence-electron chi connectivity index (χ4n) is 8.26. The SMILES string of the molecule is CC(=O)[C@H]1CC[C@H]2[C@@H]3CC=C4C[C@H](n5ccc(=O)[nH]c5=O)CC[C@]4(C)[C@H]3CC[C@]12C. The van der Waals surface area contributed by atoms with Gasteiger partial charge in [0, 0.05) is 24.2 Å². The quantitative estimate of drug-likeness (QED) is 0.741. The monoisotopic (exact) mass is 410 g/mol. The zero-order chi connectivity index (χ0) is 21.3. The van der Waals surface area contributed by atoms with E-state index in [2.05, 4.69) is 24.9 Å². The van der Waals surface area contributed by atoms with Crippen LogP contribution in [0.4, 0.5) is 0 Å². The maximum Gasteiger partial charge on any atom is 0.328 e. The van der Waals surface area contributed by atoms with Crippen LogP contribution in [0.25, 0.3) is 0 Å². The molecule has 0 spiro atoms. The van der Waals surface area contributed by atoms with Crippen molar-refractivity contribution in [1.82, 2.24) is 9.55 Å². The van der Waals surface area contributed by atoms with Gasteiger partial charge in [-0.25, -0.2) is 4.79 Å². The molecule has 3 saturated carbocycles. The molecule has 5 nitrogen and oxygen atoms in total. The first-order valence-electron chi connectivity index (χ1n) is 11.8. The van der Waals surface area contributed by atoms with Crippen LogP contribution >= 0.6 is 0 Å². The summed E-state index contributed by atoms with van der Waals surface area (Å²) in [6.07, 6.45) is 12.9. The third-order valence-electron chi connectivity index (χ3n) is 9.81. The summed E-state index contributed by atoms with van der Waals surface area (Å²) in [5.74, 6) is 2.69. The third kappa shape index (κ3) is 2.76. The summed E-state index contributed by atoms with van der Waals surface area (Å²) in [6.45, 7) is 6.65. The van der Waals surface area contributed by atoms with Crippen LogP contribution in [0.2, 0.25) is 0 Å². The van der Waals surface area contributed by atoms with E-state index < -0.39 is 0 Å². The van der Waals surface area contributed by atoms with Crippen molar-refractivity contribution in [2.75, 3.05) is 0 Å². The average Bonchev–Trinajstić information content (AvgIpc) is 3.05. The molecule has 0 aromatic carbocycles. The highest BCUT2D eigenvalue weighted by atomic mass is 16.2. The summed E-state index contributed by atoms with van der Waals surface area (Å²) in [6, 6.07) is 1.58. The fraction of sp³-hybridized carbons (Fsp3) is 0.720. The Labute approximate surface area is 178 Å². The highest BCUT2D eigenvalue weighted by Crippen LogP contribution is 2.66. The number of aromatic nitrogens is 2. The summed E-state index contributed by atoms with van der Waals surface area (Å²) in [7, 11) is 0. The van der Waals surface area contributed by atoms with Crippen molar-refractivity contribution in [1.29, 1.82) is 0 Å². The molecule has 0 saturated heterocycles. The van der Waals surface area contributed by atoms with E-state index in [0.717, 1.165) is 32.1 Å². The Kier molecular flexibility index (Phi) is 4.53. The maximum atomic E-state index is 12.3. The van der Waals surface area contributed by atoms with Crippen molar-refractivity contribution in [3.8, 4) is 0 Å². The van der Waals surface area contributed by atoms with E-state index in [1.165, 1.54) is 30.9 Å². The van der Waals surface area contributed by atoms with E-state index >= 15 is 0 Å². The first-order valence-corrected chi connectivity index (χ1v) is 11.8. The van der Waals surface area contributed by atoms with Gasteiger partial charge in [0.1, 0.15) is 5.78 Å². The average molecular weight is 411 g/mol. The molecule has 4 aliphatic rings. The predicted molar refractivity (Wildman–Crippen MR) is 116 cm³/mol. The van der Waals surface area contributed by atoms with Crippen molar-refractivity contribution >= 4 is 5.78 Å². The van der Waals surface area contributed by atoms with E-state index in [4.69, 9.17) is 0 Å². The second-order valence-electron chi connectivity index (χ2n) is 11.0. The minimum Gasteiger partial charge on any atom is -0.300 e. The van der Waals surface area contributed by atoms with E-state index in [-0.39, 0.29) is 34.0 Å². The lowest BCUT2D eigenvalue weighted by atomic mass is 9.47. The molecule has 7 atom stereocenters. The van der Waals surface area contributed by atoms with E-state index in [1.807, 2.05) is 0 Å². The van der Waals surface area contributed by atoms with Crippen molar-refractivity contribution in [3.63, 3.8) is 0 Å². The Balaban J connectivity index is 1.43. The second kappa shape index (κ2) is 6.80. The highest BCUT2D eigenvalue weighted by Gasteiger charge is 2.59. The minimum atomic E-state index is -0.331. The molecule has 1 heterocycles. The molecular weight excluding hydrogens is 376 g/mol. The van der Waals surface area contributed by atoms with Gasteiger partial charge < -0.3 is 0 Å². The number of carbonyl (C=O) groups excluding carboxylic acids is 1. The van der Waals surface area contributed by atoms with Gasteiger partial charge in [0.15, 0.2) is 0 Å². The van der Waals surface area contributed by atoms with Gasteiger partial charge in [-0.15, -0.1) is 0 Å². The number of hydrogen-bond acceptors (Lipinski definition) is 3. The predicted octanol–water partition coefficient (Wildman–Crippen LogP) is 4.25. The number of Topliss-reactive ketones (excluding diaryl/α,β-unsaturated/α-hetero) is 1. The van der Waals surface area contributed by atoms with Crippen LogP contribution in [-0.2, 0) is 4.79 Å². The number of nitrogens with zero attached hydrogens (tertiary/aromatic N) is 1. The van der Waals surface area contributed by atoms with Crippen LogP contribution in [0.15, 0.2) is 33.5 Å². The summed E-state index contributed by atoms with van der Waals surface area (Å²) >= 11 is 0. The van der Waals surface area contributed by atoms with Crippen LogP contribution in [0.1, 0.15) is 78.2 Å². The van der Waals surface area contributed by atoms with E-state index in [9.17, 15) is 14.4 Å². The van der Waals surface area contributed by atoms with Gasteiger partial charge in [0.05, 0.1) is 0 Å². The Morgan fingerprint density at radius 1 is 1.10 bits per heavy atom.